The largest absolute Gasteiger partial charge is 0.481 e. The quantitative estimate of drug-likeness (QED) is 0.375. The Labute approximate surface area is 206 Å². The van der Waals surface area contributed by atoms with Crippen molar-refractivity contribution in [3.05, 3.63) is 90.3 Å². The molecule has 0 aliphatic rings. The Bertz CT molecular complexity index is 1140. The van der Waals surface area contributed by atoms with Crippen LogP contribution in [-0.4, -0.2) is 33.3 Å². The first-order valence-electron chi connectivity index (χ1n) is 11.8. The summed E-state index contributed by atoms with van der Waals surface area (Å²) in [5.74, 6) is -3.00. The van der Waals surface area contributed by atoms with E-state index in [4.69, 9.17) is 0 Å². The van der Waals surface area contributed by atoms with Crippen molar-refractivity contribution < 1.29 is 19.5 Å². The molecule has 0 unspecified atom stereocenters. The number of rotatable bonds is 11. The molecule has 0 aliphatic heterocycles. The van der Waals surface area contributed by atoms with E-state index >= 15 is 0 Å². The summed E-state index contributed by atoms with van der Waals surface area (Å²) in [6, 6.07) is 20.9. The number of carboxylic acids is 1. The van der Waals surface area contributed by atoms with Crippen LogP contribution in [0, 0.1) is 11.8 Å². The third-order valence-corrected chi connectivity index (χ3v) is 6.01. The van der Waals surface area contributed by atoms with E-state index in [-0.39, 0.29) is 24.5 Å². The summed E-state index contributed by atoms with van der Waals surface area (Å²) >= 11 is 0. The Morgan fingerprint density at radius 2 is 1.60 bits per heavy atom. The molecule has 0 radical (unpaired) electrons. The number of hydrogen-bond donors (Lipinski definition) is 2. The third kappa shape index (κ3) is 7.60. The number of benzene rings is 2. The number of aromatic nitrogens is 1. The fraction of sp³-hybridized carbons (Fsp3) is 0.310. The van der Waals surface area contributed by atoms with Crippen molar-refractivity contribution in [3.8, 4) is 11.1 Å². The molecule has 0 bridgehead atoms. The Morgan fingerprint density at radius 1 is 0.943 bits per heavy atom. The molecular formula is C29H32N2O4. The first-order chi connectivity index (χ1) is 16.6. The van der Waals surface area contributed by atoms with Gasteiger partial charge in [-0.15, -0.1) is 0 Å². The fourth-order valence-corrected chi connectivity index (χ4v) is 4.12. The van der Waals surface area contributed by atoms with Gasteiger partial charge in [0.2, 0.25) is 5.91 Å². The zero-order valence-electron chi connectivity index (χ0n) is 20.4. The van der Waals surface area contributed by atoms with Gasteiger partial charge in [0.05, 0.1) is 5.92 Å². The minimum Gasteiger partial charge on any atom is -0.481 e. The second-order valence-electron chi connectivity index (χ2n) is 9.65. The van der Waals surface area contributed by atoms with Crippen LogP contribution >= 0.6 is 0 Å². The highest BCUT2D eigenvalue weighted by Crippen LogP contribution is 2.24. The zero-order chi connectivity index (χ0) is 25.4. The SMILES string of the molecule is C[C@@H](C[C@H](CC(=O)c1ccc(-c2ccccc2)cc1)C(=O)NC(C)(C)Cc1cccnc1)C(=O)O. The molecule has 0 saturated carbocycles. The van der Waals surface area contributed by atoms with E-state index in [0.717, 1.165) is 16.7 Å². The lowest BCUT2D eigenvalue weighted by atomic mass is 9.87. The van der Waals surface area contributed by atoms with Crippen molar-refractivity contribution >= 4 is 17.7 Å². The monoisotopic (exact) mass is 472 g/mol. The smallest absolute Gasteiger partial charge is 0.306 e. The van der Waals surface area contributed by atoms with E-state index in [1.54, 1.807) is 31.5 Å². The van der Waals surface area contributed by atoms with E-state index in [2.05, 4.69) is 10.3 Å². The van der Waals surface area contributed by atoms with Crippen molar-refractivity contribution in [3.63, 3.8) is 0 Å². The van der Waals surface area contributed by atoms with E-state index in [0.29, 0.717) is 12.0 Å². The predicted octanol–water partition coefficient (Wildman–Crippen LogP) is 5.19. The summed E-state index contributed by atoms with van der Waals surface area (Å²) in [5.41, 5.74) is 2.93. The molecule has 2 atom stereocenters. The molecule has 3 rings (SSSR count). The maximum atomic E-state index is 13.2. The molecule has 1 amide bonds. The minimum absolute atomic E-state index is 0.0584. The van der Waals surface area contributed by atoms with Crippen molar-refractivity contribution in [1.82, 2.24) is 10.3 Å². The lowest BCUT2D eigenvalue weighted by molar-refractivity contribution is -0.142. The summed E-state index contributed by atoms with van der Waals surface area (Å²) in [7, 11) is 0. The molecule has 6 nitrogen and oxygen atoms in total. The summed E-state index contributed by atoms with van der Waals surface area (Å²) in [6.07, 6.45) is 4.02. The van der Waals surface area contributed by atoms with Gasteiger partial charge in [-0.1, -0.05) is 67.6 Å². The maximum Gasteiger partial charge on any atom is 0.306 e. The molecule has 35 heavy (non-hydrogen) atoms. The zero-order valence-corrected chi connectivity index (χ0v) is 20.4. The molecule has 2 aromatic carbocycles. The van der Waals surface area contributed by atoms with Crippen molar-refractivity contribution in [2.45, 2.75) is 45.6 Å². The molecule has 2 N–H and O–H groups in total. The Morgan fingerprint density at radius 3 is 2.20 bits per heavy atom. The van der Waals surface area contributed by atoms with Crippen LogP contribution in [0.1, 0.15) is 49.5 Å². The Kier molecular flexibility index (Phi) is 8.53. The van der Waals surface area contributed by atoms with Crippen LogP contribution in [0.3, 0.4) is 0 Å². The number of ketones is 1. The number of aliphatic carboxylic acids is 1. The molecule has 1 heterocycles. The topological polar surface area (TPSA) is 96.4 Å². The van der Waals surface area contributed by atoms with Crippen molar-refractivity contribution in [2.24, 2.45) is 11.8 Å². The molecular weight excluding hydrogens is 440 g/mol. The summed E-state index contributed by atoms with van der Waals surface area (Å²) in [5, 5.41) is 12.4. The highest BCUT2D eigenvalue weighted by atomic mass is 16.4. The Hall–Kier alpha value is -3.80. The third-order valence-electron chi connectivity index (χ3n) is 6.01. The molecule has 0 saturated heterocycles. The number of carboxylic acid groups (broad SMARTS) is 1. The number of nitrogens with zero attached hydrogens (tertiary/aromatic N) is 1. The molecule has 6 heteroatoms. The second kappa shape index (κ2) is 11.6. The number of carbonyl (C=O) groups is 3. The van der Waals surface area contributed by atoms with E-state index in [1.165, 1.54) is 0 Å². The van der Waals surface area contributed by atoms with Gasteiger partial charge in [0, 0.05) is 35.8 Å². The van der Waals surface area contributed by atoms with Crippen molar-refractivity contribution in [1.29, 1.82) is 0 Å². The summed E-state index contributed by atoms with van der Waals surface area (Å²) in [6.45, 7) is 5.36. The highest BCUT2D eigenvalue weighted by Gasteiger charge is 2.30. The first kappa shape index (κ1) is 25.8. The van der Waals surface area contributed by atoms with E-state index < -0.39 is 23.3 Å². The number of pyridine rings is 1. The van der Waals surface area contributed by atoms with Gasteiger partial charge in [-0.3, -0.25) is 19.4 Å². The molecule has 0 fully saturated rings. The lowest BCUT2D eigenvalue weighted by Crippen LogP contribution is -2.48. The number of carbonyl (C=O) groups excluding carboxylic acids is 2. The second-order valence-corrected chi connectivity index (χ2v) is 9.65. The van der Waals surface area contributed by atoms with Crippen LogP contribution in [0.15, 0.2) is 79.1 Å². The first-order valence-corrected chi connectivity index (χ1v) is 11.8. The summed E-state index contributed by atoms with van der Waals surface area (Å²) < 4.78 is 0. The Balaban J connectivity index is 1.73. The van der Waals surface area contributed by atoms with Crippen LogP contribution in [0.5, 0.6) is 0 Å². The average Bonchev–Trinajstić information content (AvgIpc) is 2.84. The molecule has 0 aliphatic carbocycles. The average molecular weight is 473 g/mol. The van der Waals surface area contributed by atoms with Gasteiger partial charge in [-0.25, -0.2) is 0 Å². The molecule has 3 aromatic rings. The number of hydrogen-bond acceptors (Lipinski definition) is 4. The van der Waals surface area contributed by atoms with Gasteiger partial charge in [0.15, 0.2) is 5.78 Å². The summed E-state index contributed by atoms with van der Waals surface area (Å²) in [4.78, 5) is 41.9. The van der Waals surface area contributed by atoms with Crippen LogP contribution in [0.25, 0.3) is 11.1 Å². The lowest BCUT2D eigenvalue weighted by Gasteiger charge is -2.29. The van der Waals surface area contributed by atoms with Crippen LogP contribution in [0.4, 0.5) is 0 Å². The minimum atomic E-state index is -0.989. The van der Waals surface area contributed by atoms with Gasteiger partial charge in [0.25, 0.3) is 0 Å². The number of amides is 1. The highest BCUT2D eigenvalue weighted by molar-refractivity contribution is 5.99. The number of nitrogens with one attached hydrogen (secondary N) is 1. The van der Waals surface area contributed by atoms with Gasteiger partial charge >= 0.3 is 5.97 Å². The number of Topliss-reactive ketones (excluding diaryl/α,β-unsaturated/α-hetero) is 1. The fourth-order valence-electron chi connectivity index (χ4n) is 4.12. The molecule has 0 spiro atoms. The standard InChI is InChI=1S/C29H32N2O4/c1-20(28(34)35)16-25(27(33)31-29(2,3)18-21-8-7-15-30-19-21)17-26(32)24-13-11-23(12-14-24)22-9-5-4-6-10-22/h4-15,19-20,25H,16-18H2,1-3H3,(H,31,33)(H,34,35)/t20-,25+/m0/s1. The van der Waals surface area contributed by atoms with Gasteiger partial charge in [-0.05, 0) is 49.4 Å². The van der Waals surface area contributed by atoms with E-state index in [9.17, 15) is 19.5 Å². The van der Waals surface area contributed by atoms with Gasteiger partial charge < -0.3 is 10.4 Å². The van der Waals surface area contributed by atoms with Crippen LogP contribution in [0.2, 0.25) is 0 Å². The van der Waals surface area contributed by atoms with Crippen molar-refractivity contribution in [2.75, 3.05) is 0 Å². The predicted molar refractivity (Wildman–Crippen MR) is 136 cm³/mol. The normalized spacial score (nSPS) is 13.0. The van der Waals surface area contributed by atoms with Gasteiger partial charge in [0.1, 0.15) is 0 Å². The van der Waals surface area contributed by atoms with E-state index in [1.807, 2.05) is 68.4 Å². The molecule has 1 aromatic heterocycles. The maximum absolute atomic E-state index is 13.2. The van der Waals surface area contributed by atoms with Gasteiger partial charge in [-0.2, -0.15) is 0 Å². The van der Waals surface area contributed by atoms with Crippen LogP contribution < -0.4 is 5.32 Å². The molecule has 182 valence electrons. The van der Waals surface area contributed by atoms with Crippen LogP contribution in [-0.2, 0) is 16.0 Å².